The Morgan fingerprint density at radius 3 is 2.36 bits per heavy atom. The maximum atomic E-state index is 13.1. The molecule has 1 fully saturated rings. The van der Waals surface area contributed by atoms with Crippen molar-refractivity contribution in [2.45, 2.75) is 25.8 Å². The molecule has 0 saturated heterocycles. The molecule has 0 aromatic heterocycles. The molecule has 0 unspecified atom stereocenters. The van der Waals surface area contributed by atoms with Gasteiger partial charge in [-0.1, -0.05) is 18.2 Å². The molecular formula is C19H20FN3O2. The highest BCUT2D eigenvalue weighted by Gasteiger charge is 2.35. The number of hydrogen-bond acceptors (Lipinski definition) is 3. The van der Waals surface area contributed by atoms with Crippen molar-refractivity contribution in [1.29, 1.82) is 0 Å². The summed E-state index contributed by atoms with van der Waals surface area (Å²) in [5.74, 6) is -0.623. The van der Waals surface area contributed by atoms with Crippen molar-refractivity contribution in [3.05, 3.63) is 48.3 Å². The third kappa shape index (κ3) is 3.96. The predicted molar refractivity (Wildman–Crippen MR) is 95.2 cm³/mol. The van der Waals surface area contributed by atoms with Crippen LogP contribution < -0.4 is 16.4 Å². The molecule has 0 heterocycles. The van der Waals surface area contributed by atoms with Crippen LogP contribution in [0.4, 0.5) is 15.8 Å². The third-order valence-electron chi connectivity index (χ3n) is 4.40. The summed E-state index contributed by atoms with van der Waals surface area (Å²) in [5, 5.41) is 5.66. The van der Waals surface area contributed by atoms with Crippen molar-refractivity contribution in [2.75, 3.05) is 11.1 Å². The van der Waals surface area contributed by atoms with Crippen molar-refractivity contribution in [2.24, 2.45) is 5.92 Å². The molecule has 3 rings (SSSR count). The molecule has 2 amide bonds. The number of carbonyl (C=O) groups excluding carboxylic acids is 2. The van der Waals surface area contributed by atoms with Gasteiger partial charge in [-0.05, 0) is 48.2 Å². The van der Waals surface area contributed by atoms with E-state index >= 15 is 0 Å². The van der Waals surface area contributed by atoms with Gasteiger partial charge in [0.15, 0.2) is 0 Å². The fourth-order valence-corrected chi connectivity index (χ4v) is 2.96. The second-order valence-corrected chi connectivity index (χ2v) is 6.36. The average molecular weight is 341 g/mol. The zero-order chi connectivity index (χ0) is 18.0. The molecule has 4 N–H and O–H groups in total. The van der Waals surface area contributed by atoms with Crippen LogP contribution in [-0.2, 0) is 9.59 Å². The van der Waals surface area contributed by atoms with Gasteiger partial charge in [-0.15, -0.1) is 0 Å². The largest absolute Gasteiger partial charge is 0.397 e. The van der Waals surface area contributed by atoms with Crippen LogP contribution in [0, 0.1) is 11.7 Å². The van der Waals surface area contributed by atoms with Crippen LogP contribution in [0.15, 0.2) is 42.5 Å². The summed E-state index contributed by atoms with van der Waals surface area (Å²) in [6, 6.07) is 11.5. The Kier molecular flexibility index (Phi) is 4.70. The molecule has 130 valence electrons. The average Bonchev–Trinajstić information content (AvgIpc) is 2.53. The maximum absolute atomic E-state index is 13.1. The van der Waals surface area contributed by atoms with Crippen molar-refractivity contribution >= 4 is 23.2 Å². The first-order valence-corrected chi connectivity index (χ1v) is 8.16. The van der Waals surface area contributed by atoms with Crippen LogP contribution >= 0.6 is 0 Å². The summed E-state index contributed by atoms with van der Waals surface area (Å²) in [6.07, 6.45) is 1.26. The van der Waals surface area contributed by atoms with Crippen molar-refractivity contribution in [3.8, 4) is 11.1 Å². The van der Waals surface area contributed by atoms with E-state index in [0.717, 1.165) is 11.1 Å². The van der Waals surface area contributed by atoms with Crippen LogP contribution in [0.25, 0.3) is 11.1 Å². The first kappa shape index (κ1) is 17.0. The minimum absolute atomic E-state index is 0.0659. The minimum Gasteiger partial charge on any atom is -0.397 e. The van der Waals surface area contributed by atoms with E-state index in [2.05, 4.69) is 10.6 Å². The standard InChI is InChI=1S/C19H20FN3O2/c1-11(24)22-16-8-14(9-16)19(25)23-18-10-13(4-7-17(18)21)12-2-5-15(20)6-3-12/h2-7,10,14,16H,8-9,21H2,1H3,(H,22,24)(H,23,25). The lowest BCUT2D eigenvalue weighted by molar-refractivity contribution is -0.126. The third-order valence-corrected chi connectivity index (χ3v) is 4.40. The Hall–Kier alpha value is -2.89. The SMILES string of the molecule is CC(=O)NC1CC(C(=O)Nc2cc(-c3ccc(F)cc3)ccc2N)C1. The molecule has 25 heavy (non-hydrogen) atoms. The normalized spacial score (nSPS) is 19.0. The molecule has 0 bridgehead atoms. The topological polar surface area (TPSA) is 84.2 Å². The Morgan fingerprint density at radius 2 is 1.72 bits per heavy atom. The number of nitrogens with two attached hydrogens (primary N) is 1. The first-order chi connectivity index (χ1) is 11.9. The molecular weight excluding hydrogens is 321 g/mol. The summed E-state index contributed by atoms with van der Waals surface area (Å²) in [4.78, 5) is 23.3. The number of halogens is 1. The van der Waals surface area contributed by atoms with Crippen molar-refractivity contribution in [1.82, 2.24) is 5.32 Å². The molecule has 0 radical (unpaired) electrons. The quantitative estimate of drug-likeness (QED) is 0.748. The van der Waals surface area contributed by atoms with Gasteiger partial charge in [0.1, 0.15) is 5.82 Å². The van der Waals surface area contributed by atoms with E-state index in [1.165, 1.54) is 19.1 Å². The first-order valence-electron chi connectivity index (χ1n) is 8.16. The summed E-state index contributed by atoms with van der Waals surface area (Å²) < 4.78 is 13.1. The molecule has 1 aliphatic rings. The highest BCUT2D eigenvalue weighted by Crippen LogP contribution is 2.31. The number of nitrogens with one attached hydrogen (secondary N) is 2. The van der Waals surface area contributed by atoms with Gasteiger partial charge in [-0.2, -0.15) is 0 Å². The summed E-state index contributed by atoms with van der Waals surface area (Å²) in [5.41, 5.74) is 8.65. The minimum atomic E-state index is -0.300. The lowest BCUT2D eigenvalue weighted by Crippen LogP contribution is -2.47. The van der Waals surface area contributed by atoms with E-state index in [4.69, 9.17) is 5.73 Å². The highest BCUT2D eigenvalue weighted by molar-refractivity contribution is 5.97. The lowest BCUT2D eigenvalue weighted by Gasteiger charge is -2.34. The zero-order valence-electron chi connectivity index (χ0n) is 13.9. The van der Waals surface area contributed by atoms with E-state index in [1.54, 1.807) is 24.3 Å². The zero-order valence-corrected chi connectivity index (χ0v) is 13.9. The number of carbonyl (C=O) groups is 2. The van der Waals surface area contributed by atoms with E-state index in [-0.39, 0.29) is 29.6 Å². The van der Waals surface area contributed by atoms with Gasteiger partial charge in [0, 0.05) is 18.9 Å². The number of benzene rings is 2. The van der Waals surface area contributed by atoms with Crippen molar-refractivity contribution in [3.63, 3.8) is 0 Å². The number of amides is 2. The van der Waals surface area contributed by atoms with Gasteiger partial charge in [-0.3, -0.25) is 9.59 Å². The summed E-state index contributed by atoms with van der Waals surface area (Å²) >= 11 is 0. The molecule has 0 atom stereocenters. The van der Waals surface area contributed by atoms with Crippen molar-refractivity contribution < 1.29 is 14.0 Å². The number of anilines is 2. The molecule has 0 spiro atoms. The van der Waals surface area contributed by atoms with Crippen LogP contribution in [0.1, 0.15) is 19.8 Å². The van der Waals surface area contributed by atoms with E-state index in [1.807, 2.05) is 6.07 Å². The molecule has 0 aliphatic heterocycles. The Labute approximate surface area is 145 Å². The van der Waals surface area contributed by atoms with E-state index in [9.17, 15) is 14.0 Å². The van der Waals surface area contributed by atoms with Gasteiger partial charge in [0.25, 0.3) is 0 Å². The smallest absolute Gasteiger partial charge is 0.227 e. The molecule has 1 saturated carbocycles. The molecule has 2 aromatic rings. The highest BCUT2D eigenvalue weighted by atomic mass is 19.1. The molecule has 2 aromatic carbocycles. The van der Waals surface area contributed by atoms with Crippen LogP contribution in [-0.4, -0.2) is 17.9 Å². The lowest BCUT2D eigenvalue weighted by atomic mass is 9.79. The van der Waals surface area contributed by atoms with E-state index < -0.39 is 0 Å². The number of nitrogen functional groups attached to an aromatic ring is 1. The fourth-order valence-electron chi connectivity index (χ4n) is 2.96. The van der Waals surface area contributed by atoms with Crippen LogP contribution in [0.3, 0.4) is 0 Å². The molecule has 6 heteroatoms. The molecule has 5 nitrogen and oxygen atoms in total. The second-order valence-electron chi connectivity index (χ2n) is 6.36. The van der Waals surface area contributed by atoms with Gasteiger partial charge < -0.3 is 16.4 Å². The van der Waals surface area contributed by atoms with Gasteiger partial charge >= 0.3 is 0 Å². The van der Waals surface area contributed by atoms with Gasteiger partial charge in [-0.25, -0.2) is 4.39 Å². The van der Waals surface area contributed by atoms with Gasteiger partial charge in [0.2, 0.25) is 11.8 Å². The number of hydrogen-bond donors (Lipinski definition) is 3. The molecule has 1 aliphatic carbocycles. The van der Waals surface area contributed by atoms with Crippen LogP contribution in [0.5, 0.6) is 0 Å². The predicted octanol–water partition coefficient (Wildman–Crippen LogP) is 2.93. The fraction of sp³-hybridized carbons (Fsp3) is 0.263. The van der Waals surface area contributed by atoms with Crippen LogP contribution in [0.2, 0.25) is 0 Å². The maximum Gasteiger partial charge on any atom is 0.227 e. The monoisotopic (exact) mass is 341 g/mol. The summed E-state index contributed by atoms with van der Waals surface area (Å²) in [7, 11) is 0. The second kappa shape index (κ2) is 6.93. The Balaban J connectivity index is 1.68. The Morgan fingerprint density at radius 1 is 1.08 bits per heavy atom. The number of rotatable bonds is 4. The van der Waals surface area contributed by atoms with Gasteiger partial charge in [0.05, 0.1) is 11.4 Å². The van der Waals surface area contributed by atoms with E-state index in [0.29, 0.717) is 24.2 Å². The Bertz CT molecular complexity index is 799. The summed E-state index contributed by atoms with van der Waals surface area (Å²) in [6.45, 7) is 1.47.